The zero-order chi connectivity index (χ0) is 27.7. The van der Waals surface area contributed by atoms with E-state index in [9.17, 15) is 22.3 Å². The fourth-order valence-electron chi connectivity index (χ4n) is 5.78. The van der Waals surface area contributed by atoms with E-state index in [1.807, 2.05) is 36.4 Å². The molecule has 0 amide bonds. The third-order valence-electron chi connectivity index (χ3n) is 7.55. The van der Waals surface area contributed by atoms with E-state index < -0.39 is 21.5 Å². The molecular weight excluding hydrogens is 542 g/mol. The van der Waals surface area contributed by atoms with Crippen molar-refractivity contribution in [3.8, 4) is 0 Å². The van der Waals surface area contributed by atoms with Crippen LogP contribution in [0.25, 0.3) is 4.91 Å². The van der Waals surface area contributed by atoms with E-state index in [-0.39, 0.29) is 29.2 Å². The largest absolute Gasteiger partial charge is 0.394 e. The lowest BCUT2D eigenvalue weighted by molar-refractivity contribution is 0.147. The predicted octanol–water partition coefficient (Wildman–Crippen LogP) is 5.61. The van der Waals surface area contributed by atoms with Crippen LogP contribution in [0.2, 0.25) is 5.02 Å². The molecule has 1 N–H and O–H groups in total. The van der Waals surface area contributed by atoms with Gasteiger partial charge in [-0.05, 0) is 78.0 Å². The number of halogens is 3. The van der Waals surface area contributed by atoms with Gasteiger partial charge in [0.2, 0.25) is 0 Å². The molecule has 2 atom stereocenters. The van der Waals surface area contributed by atoms with Gasteiger partial charge >= 0.3 is 0 Å². The Balaban J connectivity index is 1.48. The number of hydrogen-bond acceptors (Lipinski definition) is 5. The van der Waals surface area contributed by atoms with Gasteiger partial charge in [-0.3, -0.25) is 9.80 Å². The van der Waals surface area contributed by atoms with Crippen molar-refractivity contribution in [2.75, 3.05) is 39.0 Å². The minimum atomic E-state index is -3.75. The zero-order valence-corrected chi connectivity index (χ0v) is 23.2. The Hall–Kier alpha value is -2.62. The highest BCUT2D eigenvalue weighted by molar-refractivity contribution is 8.00. The van der Waals surface area contributed by atoms with E-state index in [1.165, 1.54) is 0 Å². The van der Waals surface area contributed by atoms with E-state index in [4.69, 9.17) is 11.6 Å². The predicted molar refractivity (Wildman–Crippen MR) is 150 cm³/mol. The summed E-state index contributed by atoms with van der Waals surface area (Å²) in [5, 5.41) is 10.7. The van der Waals surface area contributed by atoms with Crippen LogP contribution in [0, 0.1) is 11.6 Å². The van der Waals surface area contributed by atoms with Crippen molar-refractivity contribution in [1.29, 1.82) is 0 Å². The smallest absolute Gasteiger partial charge is 0.176 e. The molecule has 2 saturated heterocycles. The van der Waals surface area contributed by atoms with Gasteiger partial charge in [-0.15, -0.1) is 0 Å². The number of benzene rings is 3. The average molecular weight is 573 g/mol. The number of aliphatic hydroxyl groups is 1. The fraction of sp³-hybridized carbons (Fsp3) is 0.333. The topological polar surface area (TPSA) is 60.9 Å². The Labute approximate surface area is 233 Å². The summed E-state index contributed by atoms with van der Waals surface area (Å²) in [7, 11) is -3.75. The number of rotatable bonds is 8. The lowest BCUT2D eigenvalue weighted by Crippen LogP contribution is -2.44. The third kappa shape index (κ3) is 6.10. The number of likely N-dealkylation sites (tertiary alicyclic amines) is 2. The van der Waals surface area contributed by atoms with Crippen molar-refractivity contribution in [3.05, 3.63) is 111 Å². The first kappa shape index (κ1) is 27.9. The molecule has 0 aromatic heterocycles. The zero-order valence-electron chi connectivity index (χ0n) is 21.7. The molecule has 9 heteroatoms. The second kappa shape index (κ2) is 11.5. The Kier molecular flexibility index (Phi) is 8.21. The van der Waals surface area contributed by atoms with Crippen LogP contribution < -0.4 is 0 Å². The molecule has 0 saturated carbocycles. The van der Waals surface area contributed by atoms with E-state index >= 15 is 0 Å². The first-order valence-corrected chi connectivity index (χ1v) is 15.2. The van der Waals surface area contributed by atoms with Gasteiger partial charge in [-0.2, -0.15) is 0 Å². The molecule has 0 bridgehead atoms. The lowest BCUT2D eigenvalue weighted by atomic mass is 9.91. The summed E-state index contributed by atoms with van der Waals surface area (Å²) in [6, 6.07) is 18.3. The van der Waals surface area contributed by atoms with Gasteiger partial charge in [0.25, 0.3) is 0 Å². The summed E-state index contributed by atoms with van der Waals surface area (Å²) in [5.74, 6) is -1.64. The van der Waals surface area contributed by atoms with Gasteiger partial charge in [0.15, 0.2) is 9.84 Å². The highest BCUT2D eigenvalue weighted by Gasteiger charge is 2.35. The molecule has 3 aromatic carbocycles. The lowest BCUT2D eigenvalue weighted by Gasteiger charge is -2.42. The quantitative estimate of drug-likeness (QED) is 0.380. The van der Waals surface area contributed by atoms with Crippen LogP contribution in [0.4, 0.5) is 8.78 Å². The molecule has 2 heterocycles. The second-order valence-electron chi connectivity index (χ2n) is 10.3. The van der Waals surface area contributed by atoms with E-state index in [2.05, 4.69) is 21.9 Å². The Morgan fingerprint density at radius 1 is 0.872 bits per heavy atom. The molecule has 3 aromatic rings. The number of hydrogen-bond donors (Lipinski definition) is 1. The summed E-state index contributed by atoms with van der Waals surface area (Å²) in [6.07, 6.45) is 3.33. The van der Waals surface area contributed by atoms with Crippen molar-refractivity contribution in [1.82, 2.24) is 9.80 Å². The van der Waals surface area contributed by atoms with Crippen LogP contribution in [0.15, 0.2) is 72.3 Å². The Morgan fingerprint density at radius 3 is 1.90 bits per heavy atom. The molecule has 5 rings (SSSR count). The Bertz CT molecular complexity index is 1440. The van der Waals surface area contributed by atoms with Crippen molar-refractivity contribution in [3.63, 3.8) is 0 Å². The maximum atomic E-state index is 14.0. The maximum Gasteiger partial charge on any atom is 0.176 e. The molecule has 0 spiro atoms. The van der Waals surface area contributed by atoms with Crippen LogP contribution in [-0.4, -0.2) is 62.4 Å². The summed E-state index contributed by atoms with van der Waals surface area (Å²) in [5.41, 5.74) is 3.68. The van der Waals surface area contributed by atoms with E-state index in [0.717, 1.165) is 67.1 Å². The first-order chi connectivity index (χ1) is 18.6. The summed E-state index contributed by atoms with van der Waals surface area (Å²) in [6.45, 7) is 2.64. The number of nitrogens with zero attached hydrogens (tertiary/aromatic N) is 2. The van der Waals surface area contributed by atoms with Crippen molar-refractivity contribution >= 4 is 26.3 Å². The van der Waals surface area contributed by atoms with Crippen LogP contribution in [0.5, 0.6) is 0 Å². The fourth-order valence-corrected chi connectivity index (χ4v) is 7.11. The minimum absolute atomic E-state index is 0.0222. The first-order valence-electron chi connectivity index (χ1n) is 13.0. The number of aliphatic hydroxyl groups excluding tert-OH is 1. The van der Waals surface area contributed by atoms with Gasteiger partial charge < -0.3 is 5.11 Å². The van der Waals surface area contributed by atoms with Crippen LogP contribution in [0.3, 0.4) is 0 Å². The van der Waals surface area contributed by atoms with E-state index in [0.29, 0.717) is 23.7 Å². The molecule has 2 fully saturated rings. The highest BCUT2D eigenvalue weighted by Crippen LogP contribution is 2.39. The molecule has 39 heavy (non-hydrogen) atoms. The monoisotopic (exact) mass is 572 g/mol. The normalized spacial score (nSPS) is 18.1. The summed E-state index contributed by atoms with van der Waals surface area (Å²) < 4.78 is 53.4. The Morgan fingerprint density at radius 2 is 1.38 bits per heavy atom. The number of sulfone groups is 1. The van der Waals surface area contributed by atoms with Crippen LogP contribution in [-0.2, 0) is 9.84 Å². The van der Waals surface area contributed by atoms with E-state index in [1.54, 1.807) is 0 Å². The molecule has 5 nitrogen and oxygen atoms in total. The maximum absolute atomic E-state index is 14.0. The molecule has 0 radical (unpaired) electrons. The van der Waals surface area contributed by atoms with Crippen molar-refractivity contribution < 1.29 is 22.3 Å². The molecule has 2 aliphatic rings. The van der Waals surface area contributed by atoms with Gasteiger partial charge in [-0.1, -0.05) is 48.0 Å². The average Bonchev–Trinajstić information content (AvgIpc) is 3.38. The second-order valence-corrected chi connectivity index (χ2v) is 12.7. The van der Waals surface area contributed by atoms with Crippen molar-refractivity contribution in [2.45, 2.75) is 24.9 Å². The molecule has 0 aliphatic carbocycles. The highest BCUT2D eigenvalue weighted by atomic mass is 35.5. The van der Waals surface area contributed by atoms with Crippen molar-refractivity contribution in [2.24, 2.45) is 0 Å². The third-order valence-corrected chi connectivity index (χ3v) is 9.06. The van der Waals surface area contributed by atoms with Gasteiger partial charge in [0, 0.05) is 30.4 Å². The van der Waals surface area contributed by atoms with Gasteiger partial charge in [0.05, 0.1) is 23.6 Å². The standard InChI is InChI=1S/C30H31ClF2N2O3S/c1-39(37,38)30(23-14-26(32)16-27(33)15-23)24-17-35(18-24)29(22-8-10-25(31)11-9-22)21-6-4-20(5-7-21)28(19-36)34-12-2-3-13-34/h4-11,14-16,28-29,36H,2-3,12-13,17-19H2,1H3. The minimum Gasteiger partial charge on any atom is -0.394 e. The molecular formula is C30H31ClF2N2O3S. The summed E-state index contributed by atoms with van der Waals surface area (Å²) >= 11 is 6.15. The SMILES string of the molecule is CS(=O)(=O)C(=C1CN(C(c2ccc(Cl)cc2)c2ccc(C(CO)N3CCCC3)cc2)C1)c1cc(F)cc(F)c1. The van der Waals surface area contributed by atoms with Gasteiger partial charge in [0.1, 0.15) is 11.6 Å². The molecule has 206 valence electrons. The summed E-state index contributed by atoms with van der Waals surface area (Å²) in [4.78, 5) is 4.40. The van der Waals surface area contributed by atoms with Crippen LogP contribution >= 0.6 is 11.6 Å². The van der Waals surface area contributed by atoms with Crippen LogP contribution in [0.1, 0.15) is 47.2 Å². The molecule has 2 unspecified atom stereocenters. The van der Waals surface area contributed by atoms with Gasteiger partial charge in [-0.25, -0.2) is 17.2 Å². The molecule has 2 aliphatic heterocycles.